The maximum atomic E-state index is 15.1. The van der Waals surface area contributed by atoms with Crippen LogP contribution in [0.2, 0.25) is 0 Å². The summed E-state index contributed by atoms with van der Waals surface area (Å²) in [7, 11) is 0. The van der Waals surface area contributed by atoms with Crippen molar-refractivity contribution in [3.63, 3.8) is 0 Å². The van der Waals surface area contributed by atoms with Crippen LogP contribution in [0.3, 0.4) is 0 Å². The molecular weight excluding hydrogens is 543 g/mol. The van der Waals surface area contributed by atoms with E-state index in [2.05, 4.69) is 23.5 Å². The molecule has 3 aromatic rings. The van der Waals surface area contributed by atoms with Crippen LogP contribution in [-0.2, 0) is 10.5 Å². The maximum Gasteiger partial charge on any atom is 0.349 e. The number of halogens is 1. The molecule has 0 amide bonds. The highest BCUT2D eigenvalue weighted by molar-refractivity contribution is 7.96. The number of carbonyl (C=O) groups excluding carboxylic acids is 1. The summed E-state index contributed by atoms with van der Waals surface area (Å²) in [4.78, 5) is 33.2. The van der Waals surface area contributed by atoms with Crippen molar-refractivity contribution in [3.8, 4) is 16.2 Å². The lowest BCUT2D eigenvalue weighted by Crippen LogP contribution is -2.49. The summed E-state index contributed by atoms with van der Waals surface area (Å²) >= 11 is 2.46. The lowest BCUT2D eigenvalue weighted by molar-refractivity contribution is -0.139. The van der Waals surface area contributed by atoms with E-state index in [1.165, 1.54) is 0 Å². The monoisotopic (exact) mass is 572 g/mol. The van der Waals surface area contributed by atoms with Gasteiger partial charge in [-0.05, 0) is 56.0 Å². The van der Waals surface area contributed by atoms with Crippen LogP contribution >= 0.6 is 23.3 Å². The van der Waals surface area contributed by atoms with Gasteiger partial charge < -0.3 is 20.3 Å². The van der Waals surface area contributed by atoms with Crippen molar-refractivity contribution in [1.29, 1.82) is 0 Å². The Labute approximate surface area is 233 Å². The highest BCUT2D eigenvalue weighted by Crippen LogP contribution is 2.42. The van der Waals surface area contributed by atoms with E-state index in [1.807, 2.05) is 24.3 Å². The molecule has 1 aromatic heterocycles. The zero-order valence-electron chi connectivity index (χ0n) is 21.5. The van der Waals surface area contributed by atoms with Crippen LogP contribution in [0.4, 0.5) is 10.1 Å². The van der Waals surface area contributed by atoms with Crippen molar-refractivity contribution >= 4 is 47.2 Å². The van der Waals surface area contributed by atoms with E-state index in [0.29, 0.717) is 22.5 Å². The molecule has 3 N–H and O–H groups in total. The Bertz CT molecular complexity index is 1380. The van der Waals surface area contributed by atoms with Gasteiger partial charge in [0.15, 0.2) is 23.1 Å². The van der Waals surface area contributed by atoms with Crippen LogP contribution in [0.25, 0.3) is 10.4 Å². The number of thiophene rings is 1. The number of anilines is 1. The number of aldehydes is 1. The van der Waals surface area contributed by atoms with E-state index in [0.717, 1.165) is 42.7 Å². The maximum absolute atomic E-state index is 15.1. The summed E-state index contributed by atoms with van der Waals surface area (Å²) in [6.45, 7) is 4.40. The number of hydrogen-bond donors (Lipinski definition) is 3. The fourth-order valence-corrected chi connectivity index (χ4v) is 6.73. The Morgan fingerprint density at radius 3 is 2.69 bits per heavy atom. The average molecular weight is 573 g/mol. The Balaban J connectivity index is 1.43. The van der Waals surface area contributed by atoms with E-state index in [1.54, 1.807) is 36.2 Å². The fourth-order valence-electron chi connectivity index (χ4n) is 4.62. The number of aromatic carboxylic acids is 1. The first-order valence-electron chi connectivity index (χ1n) is 12.3. The van der Waals surface area contributed by atoms with E-state index >= 15 is 4.39 Å². The lowest BCUT2D eigenvalue weighted by Gasteiger charge is -2.45. The van der Waals surface area contributed by atoms with Crippen LogP contribution in [-0.4, -0.2) is 57.5 Å². The number of ether oxygens (including phenoxy) is 1. The van der Waals surface area contributed by atoms with Gasteiger partial charge in [-0.1, -0.05) is 42.3 Å². The number of nitrogens with zero attached hydrogens (tertiary/aromatic N) is 1. The number of benzene rings is 2. The Morgan fingerprint density at radius 1 is 1.23 bits per heavy atom. The second-order valence-corrected chi connectivity index (χ2v) is 11.9. The van der Waals surface area contributed by atoms with Crippen LogP contribution in [0.1, 0.15) is 52.3 Å². The topological polar surface area (TPSA) is 116 Å². The number of nitrogens with one attached hydrogen (secondary N) is 1. The Kier molecular flexibility index (Phi) is 8.94. The van der Waals surface area contributed by atoms with Gasteiger partial charge in [0.05, 0.1) is 4.88 Å². The molecule has 1 unspecified atom stereocenters. The number of aliphatic carboxylic acids is 1. The molecule has 0 bridgehead atoms. The van der Waals surface area contributed by atoms with Crippen molar-refractivity contribution in [2.45, 2.75) is 44.0 Å². The van der Waals surface area contributed by atoms with Crippen molar-refractivity contribution in [2.75, 3.05) is 18.5 Å². The number of carbonyl (C=O) groups is 3. The standard InChI is InChI=1S/C28H29FN2O6S2/c1-28(2)13-21(9-10-31(28)38-16-18-6-3-5-17(11-18)14-32)30-20-8-4-7-19(12-20)25-23(29)24(37-15-22(33)34)26(39-25)27(35)36/h3-8,11-12,14,21,30H,9-10,13,15-16H2,1-2H3,(H,33,34)(H,35,36). The first-order valence-corrected chi connectivity index (χ1v) is 14.0. The normalized spacial score (nSPS) is 16.9. The number of piperidine rings is 1. The van der Waals surface area contributed by atoms with E-state index in [9.17, 15) is 19.5 Å². The zero-order valence-corrected chi connectivity index (χ0v) is 23.1. The van der Waals surface area contributed by atoms with Gasteiger partial charge in [0, 0.05) is 35.1 Å². The van der Waals surface area contributed by atoms with Crippen LogP contribution in [0.15, 0.2) is 48.5 Å². The van der Waals surface area contributed by atoms with Crippen LogP contribution in [0.5, 0.6) is 5.75 Å². The predicted molar refractivity (Wildman–Crippen MR) is 150 cm³/mol. The predicted octanol–water partition coefficient (Wildman–Crippen LogP) is 6.03. The quantitative estimate of drug-likeness (QED) is 0.187. The summed E-state index contributed by atoms with van der Waals surface area (Å²) in [5.41, 5.74) is 2.91. The number of rotatable bonds is 11. The smallest absolute Gasteiger partial charge is 0.349 e. The summed E-state index contributed by atoms with van der Waals surface area (Å²) in [6, 6.07) is 14.9. The van der Waals surface area contributed by atoms with Gasteiger partial charge >= 0.3 is 11.9 Å². The summed E-state index contributed by atoms with van der Waals surface area (Å²) in [5.74, 6) is -3.39. The molecule has 2 heterocycles. The fraction of sp³-hybridized carbons (Fsp3) is 0.321. The minimum absolute atomic E-state index is 0.0710. The van der Waals surface area contributed by atoms with E-state index in [-0.39, 0.29) is 21.3 Å². The number of carboxylic acids is 2. The molecular formula is C28H29FN2O6S2. The second kappa shape index (κ2) is 12.2. The van der Waals surface area contributed by atoms with Gasteiger partial charge in [0.1, 0.15) is 6.29 Å². The summed E-state index contributed by atoms with van der Waals surface area (Å²) in [6.07, 6.45) is 2.61. The Morgan fingerprint density at radius 2 is 2.00 bits per heavy atom. The largest absolute Gasteiger partial charge is 0.479 e. The SMILES string of the molecule is CC1(C)CC(Nc2cccc(-c3sc(C(=O)O)c(OCC(=O)O)c3F)c2)CCN1SCc1cccc(C=O)c1. The summed E-state index contributed by atoms with van der Waals surface area (Å²) < 4.78 is 22.5. The highest BCUT2D eigenvalue weighted by Gasteiger charge is 2.35. The molecule has 1 aliphatic rings. The molecule has 4 rings (SSSR count). The molecule has 11 heteroatoms. The summed E-state index contributed by atoms with van der Waals surface area (Å²) in [5, 5.41) is 21.9. The molecule has 8 nitrogen and oxygen atoms in total. The van der Waals surface area contributed by atoms with Gasteiger partial charge in [0.2, 0.25) is 0 Å². The first kappa shape index (κ1) is 28.6. The highest BCUT2D eigenvalue weighted by atomic mass is 32.2. The Hall–Kier alpha value is -3.41. The molecule has 0 aliphatic carbocycles. The van der Waals surface area contributed by atoms with Gasteiger partial charge in [-0.2, -0.15) is 0 Å². The lowest BCUT2D eigenvalue weighted by atomic mass is 9.89. The van der Waals surface area contributed by atoms with Crippen molar-refractivity contribution in [3.05, 3.63) is 70.4 Å². The minimum atomic E-state index is -1.39. The second-order valence-electron chi connectivity index (χ2n) is 9.86. The number of carboxylic acid groups (broad SMARTS) is 2. The van der Waals surface area contributed by atoms with Crippen LogP contribution < -0.4 is 10.1 Å². The molecule has 0 saturated carbocycles. The molecule has 2 aromatic carbocycles. The van der Waals surface area contributed by atoms with Crippen molar-refractivity contribution in [1.82, 2.24) is 4.31 Å². The van der Waals surface area contributed by atoms with Gasteiger partial charge in [-0.25, -0.2) is 18.3 Å². The van der Waals surface area contributed by atoms with Gasteiger partial charge in [0.25, 0.3) is 0 Å². The average Bonchev–Trinajstić information content (AvgIpc) is 3.23. The molecule has 39 heavy (non-hydrogen) atoms. The minimum Gasteiger partial charge on any atom is -0.479 e. The molecule has 1 aliphatic heterocycles. The third kappa shape index (κ3) is 6.97. The zero-order chi connectivity index (χ0) is 28.2. The van der Waals surface area contributed by atoms with E-state index < -0.39 is 30.1 Å². The van der Waals surface area contributed by atoms with Gasteiger partial charge in [-0.15, -0.1) is 11.3 Å². The molecule has 1 atom stereocenters. The van der Waals surface area contributed by atoms with Crippen molar-refractivity contribution in [2.24, 2.45) is 0 Å². The first-order chi connectivity index (χ1) is 18.6. The number of hydrogen-bond acceptors (Lipinski definition) is 8. The van der Waals surface area contributed by atoms with Gasteiger partial charge in [-0.3, -0.25) is 4.79 Å². The third-order valence-electron chi connectivity index (χ3n) is 6.41. The molecule has 1 fully saturated rings. The third-order valence-corrected chi connectivity index (χ3v) is 9.05. The molecule has 206 valence electrons. The molecule has 1 saturated heterocycles. The molecule has 0 radical (unpaired) electrons. The van der Waals surface area contributed by atoms with E-state index in [4.69, 9.17) is 9.84 Å². The van der Waals surface area contributed by atoms with Crippen molar-refractivity contribution < 1.29 is 33.7 Å². The van der Waals surface area contributed by atoms with Crippen LogP contribution in [0, 0.1) is 5.82 Å². The molecule has 0 spiro atoms.